The van der Waals surface area contributed by atoms with Crippen LogP contribution in [-0.4, -0.2) is 16.6 Å². The fourth-order valence-corrected chi connectivity index (χ4v) is 3.72. The maximum absolute atomic E-state index is 13.3. The number of hydrazone groups is 1. The van der Waals surface area contributed by atoms with Crippen LogP contribution in [0.1, 0.15) is 36.1 Å². The van der Waals surface area contributed by atoms with Crippen LogP contribution in [0.3, 0.4) is 0 Å². The van der Waals surface area contributed by atoms with Crippen molar-refractivity contribution >= 4 is 11.6 Å². The Hall–Kier alpha value is -2.49. The highest BCUT2D eigenvalue weighted by atomic mass is 19.1. The normalized spacial score (nSPS) is 22.3. The number of carbonyl (C=O) groups is 1. The monoisotopic (exact) mass is 308 g/mol. The van der Waals surface area contributed by atoms with Crippen LogP contribution in [0.15, 0.2) is 53.6 Å². The third kappa shape index (κ3) is 2.25. The molecule has 2 aliphatic rings. The molecule has 0 unspecified atom stereocenters. The SMILES string of the molecule is CC(=O)N1N=C2c3ccccc3CC[C@@H]2[C@@H]1c1ccc(F)cc1. The fraction of sp³-hybridized carbons (Fsp3) is 0.263. The number of rotatable bonds is 1. The minimum Gasteiger partial charge on any atom is -0.273 e. The number of amides is 1. The van der Waals surface area contributed by atoms with Crippen molar-refractivity contribution in [1.82, 2.24) is 5.01 Å². The van der Waals surface area contributed by atoms with Crippen molar-refractivity contribution in [3.63, 3.8) is 0 Å². The first-order chi connectivity index (χ1) is 11.1. The van der Waals surface area contributed by atoms with E-state index in [1.54, 1.807) is 17.1 Å². The second kappa shape index (κ2) is 5.30. The van der Waals surface area contributed by atoms with Crippen LogP contribution in [0, 0.1) is 11.7 Å². The van der Waals surface area contributed by atoms with Gasteiger partial charge >= 0.3 is 0 Å². The molecule has 23 heavy (non-hydrogen) atoms. The predicted octanol–water partition coefficient (Wildman–Crippen LogP) is 3.70. The number of aryl methyl sites for hydroxylation is 1. The van der Waals surface area contributed by atoms with Crippen LogP contribution in [0.4, 0.5) is 4.39 Å². The molecule has 1 aliphatic carbocycles. The van der Waals surface area contributed by atoms with Crippen molar-refractivity contribution in [3.8, 4) is 0 Å². The maximum Gasteiger partial charge on any atom is 0.240 e. The van der Waals surface area contributed by atoms with Crippen LogP contribution >= 0.6 is 0 Å². The van der Waals surface area contributed by atoms with Crippen LogP contribution < -0.4 is 0 Å². The lowest BCUT2D eigenvalue weighted by Gasteiger charge is -2.29. The molecule has 0 saturated carbocycles. The first-order valence-electron chi connectivity index (χ1n) is 7.87. The topological polar surface area (TPSA) is 32.7 Å². The van der Waals surface area contributed by atoms with Gasteiger partial charge in [0.1, 0.15) is 5.82 Å². The lowest BCUT2D eigenvalue weighted by Crippen LogP contribution is -2.31. The maximum atomic E-state index is 13.3. The Kier molecular flexibility index (Phi) is 3.26. The highest BCUT2D eigenvalue weighted by molar-refractivity contribution is 6.06. The summed E-state index contributed by atoms with van der Waals surface area (Å²) in [6.07, 6.45) is 1.92. The molecule has 0 spiro atoms. The molecule has 2 aromatic carbocycles. The largest absolute Gasteiger partial charge is 0.273 e. The highest BCUT2D eigenvalue weighted by Gasteiger charge is 2.42. The molecule has 3 nitrogen and oxygen atoms in total. The zero-order valence-electron chi connectivity index (χ0n) is 12.9. The smallest absolute Gasteiger partial charge is 0.240 e. The van der Waals surface area contributed by atoms with Gasteiger partial charge in [0, 0.05) is 18.4 Å². The Labute approximate surface area is 134 Å². The second-order valence-electron chi connectivity index (χ2n) is 6.15. The molecule has 2 aromatic rings. The van der Waals surface area contributed by atoms with Gasteiger partial charge < -0.3 is 0 Å². The lowest BCUT2D eigenvalue weighted by molar-refractivity contribution is -0.131. The van der Waals surface area contributed by atoms with E-state index in [-0.39, 0.29) is 23.7 Å². The molecule has 0 fully saturated rings. The summed E-state index contributed by atoms with van der Waals surface area (Å²) in [4.78, 5) is 12.1. The van der Waals surface area contributed by atoms with E-state index < -0.39 is 0 Å². The minimum absolute atomic E-state index is 0.0845. The average molecular weight is 308 g/mol. The first kappa shape index (κ1) is 14.1. The Balaban J connectivity index is 1.80. The summed E-state index contributed by atoms with van der Waals surface area (Å²) in [5, 5.41) is 6.20. The van der Waals surface area contributed by atoms with Crippen LogP contribution in [0.5, 0.6) is 0 Å². The summed E-state index contributed by atoms with van der Waals surface area (Å²) < 4.78 is 13.3. The van der Waals surface area contributed by atoms with E-state index in [4.69, 9.17) is 0 Å². The van der Waals surface area contributed by atoms with Crippen molar-refractivity contribution < 1.29 is 9.18 Å². The van der Waals surface area contributed by atoms with Gasteiger partial charge in [-0.15, -0.1) is 0 Å². The van der Waals surface area contributed by atoms with E-state index in [9.17, 15) is 9.18 Å². The van der Waals surface area contributed by atoms with Crippen molar-refractivity contribution in [2.75, 3.05) is 0 Å². The fourth-order valence-electron chi connectivity index (χ4n) is 3.72. The van der Waals surface area contributed by atoms with E-state index in [1.807, 2.05) is 12.1 Å². The Morgan fingerprint density at radius 1 is 1.17 bits per heavy atom. The molecule has 1 heterocycles. The quantitative estimate of drug-likeness (QED) is 0.790. The molecule has 1 amide bonds. The van der Waals surface area contributed by atoms with E-state index in [1.165, 1.54) is 24.6 Å². The van der Waals surface area contributed by atoms with Crippen LogP contribution in [0.2, 0.25) is 0 Å². The standard InChI is InChI=1S/C19H17FN2O/c1-12(23)22-19(14-6-9-15(20)10-7-14)17-11-8-13-4-2-3-5-16(13)18(17)21-22/h2-7,9-10,17,19H,8,11H2,1H3/t17-,19-/m0/s1. The van der Waals surface area contributed by atoms with Crippen LogP contribution in [0.25, 0.3) is 0 Å². The predicted molar refractivity (Wildman–Crippen MR) is 86.5 cm³/mol. The van der Waals surface area contributed by atoms with Gasteiger partial charge in [0.2, 0.25) is 5.91 Å². The van der Waals surface area contributed by atoms with Crippen molar-refractivity contribution in [3.05, 3.63) is 71.0 Å². The average Bonchev–Trinajstić information content (AvgIpc) is 2.96. The molecule has 0 aromatic heterocycles. The molecule has 4 rings (SSSR count). The van der Waals surface area contributed by atoms with Crippen molar-refractivity contribution in [1.29, 1.82) is 0 Å². The number of carbonyl (C=O) groups excluding carboxylic acids is 1. The molecule has 0 saturated heterocycles. The zero-order valence-corrected chi connectivity index (χ0v) is 12.9. The number of nitrogens with zero attached hydrogens (tertiary/aromatic N) is 2. The summed E-state index contributed by atoms with van der Waals surface area (Å²) in [5.74, 6) is -0.186. The molecule has 2 atom stereocenters. The van der Waals surface area contributed by atoms with E-state index >= 15 is 0 Å². The van der Waals surface area contributed by atoms with Crippen molar-refractivity contribution in [2.24, 2.45) is 11.0 Å². The van der Waals surface area contributed by atoms with Gasteiger partial charge in [-0.25, -0.2) is 9.40 Å². The molecule has 4 heteroatoms. The molecule has 1 aliphatic heterocycles. The number of hydrogen-bond donors (Lipinski definition) is 0. The first-order valence-corrected chi connectivity index (χ1v) is 7.87. The molecule has 0 N–H and O–H groups in total. The van der Waals surface area contributed by atoms with Gasteiger partial charge in [0.25, 0.3) is 0 Å². The van der Waals surface area contributed by atoms with E-state index in [2.05, 4.69) is 17.2 Å². The molecule has 0 radical (unpaired) electrons. The van der Waals surface area contributed by atoms with Gasteiger partial charge in [-0.2, -0.15) is 5.10 Å². The minimum atomic E-state index is -0.267. The van der Waals surface area contributed by atoms with Gasteiger partial charge in [-0.05, 0) is 36.1 Å². The summed E-state index contributed by atoms with van der Waals surface area (Å²) in [6.45, 7) is 1.53. The zero-order chi connectivity index (χ0) is 16.0. The molecule has 116 valence electrons. The third-order valence-corrected chi connectivity index (χ3v) is 4.76. The third-order valence-electron chi connectivity index (χ3n) is 4.76. The Bertz CT molecular complexity index is 797. The number of halogens is 1. The number of hydrogen-bond acceptors (Lipinski definition) is 2. The second-order valence-corrected chi connectivity index (χ2v) is 6.15. The van der Waals surface area contributed by atoms with Crippen molar-refractivity contribution in [2.45, 2.75) is 25.8 Å². The van der Waals surface area contributed by atoms with E-state index in [0.717, 1.165) is 29.7 Å². The van der Waals surface area contributed by atoms with Gasteiger partial charge in [-0.3, -0.25) is 4.79 Å². The molecule has 0 bridgehead atoms. The number of fused-ring (bicyclic) bond motifs is 3. The number of benzene rings is 2. The molecular weight excluding hydrogens is 291 g/mol. The molecular formula is C19H17FN2O. The Morgan fingerprint density at radius 3 is 2.65 bits per heavy atom. The summed E-state index contributed by atoms with van der Waals surface area (Å²) in [5.41, 5.74) is 4.34. The summed E-state index contributed by atoms with van der Waals surface area (Å²) in [6, 6.07) is 14.5. The summed E-state index contributed by atoms with van der Waals surface area (Å²) in [7, 11) is 0. The lowest BCUT2D eigenvalue weighted by atomic mass is 9.77. The van der Waals surface area contributed by atoms with Gasteiger partial charge in [0.15, 0.2) is 0 Å². The van der Waals surface area contributed by atoms with Gasteiger partial charge in [0.05, 0.1) is 11.8 Å². The highest BCUT2D eigenvalue weighted by Crippen LogP contribution is 2.43. The summed E-state index contributed by atoms with van der Waals surface area (Å²) >= 11 is 0. The van der Waals surface area contributed by atoms with E-state index in [0.29, 0.717) is 0 Å². The van der Waals surface area contributed by atoms with Gasteiger partial charge in [-0.1, -0.05) is 36.4 Å². The Morgan fingerprint density at radius 2 is 1.91 bits per heavy atom. The van der Waals surface area contributed by atoms with Crippen LogP contribution in [-0.2, 0) is 11.2 Å².